The highest BCUT2D eigenvalue weighted by Crippen LogP contribution is 2.28. The Balaban J connectivity index is 1.85. The highest BCUT2D eigenvalue weighted by molar-refractivity contribution is 7.86. The second-order valence-electron chi connectivity index (χ2n) is 7.61. The van der Waals surface area contributed by atoms with Crippen molar-refractivity contribution in [1.82, 2.24) is 9.80 Å². The van der Waals surface area contributed by atoms with Crippen LogP contribution in [-0.2, 0) is 19.8 Å². The van der Waals surface area contributed by atoms with Crippen LogP contribution in [0.2, 0.25) is 0 Å². The average Bonchev–Trinajstić information content (AvgIpc) is 2.61. The molecule has 0 radical (unpaired) electrons. The number of ether oxygens (including phenoxy) is 1. The molecular formula is C14H23FN2O6S. The van der Waals surface area contributed by atoms with Crippen molar-refractivity contribution in [3.63, 3.8) is 0 Å². The van der Waals surface area contributed by atoms with Gasteiger partial charge in [0.25, 0.3) is 0 Å². The van der Waals surface area contributed by atoms with Gasteiger partial charge < -0.3 is 19.6 Å². The molecule has 0 spiro atoms. The van der Waals surface area contributed by atoms with E-state index in [4.69, 9.17) is 4.74 Å². The number of hydrogen-bond donors (Lipinski definition) is 1. The van der Waals surface area contributed by atoms with Crippen LogP contribution in [0.4, 0.5) is 8.68 Å². The van der Waals surface area contributed by atoms with Crippen molar-refractivity contribution in [3.8, 4) is 0 Å². The largest absolute Gasteiger partial charge is 0.444 e. The Labute approximate surface area is 140 Å². The van der Waals surface area contributed by atoms with Gasteiger partial charge in [-0.1, -0.05) is 0 Å². The molecule has 2 heterocycles. The molecule has 2 amide bonds. The van der Waals surface area contributed by atoms with Crippen LogP contribution in [0.25, 0.3) is 0 Å². The summed E-state index contributed by atoms with van der Waals surface area (Å²) in [6, 6.07) is 0. The quantitative estimate of drug-likeness (QED) is 0.709. The zero-order valence-corrected chi connectivity index (χ0v) is 14.8. The van der Waals surface area contributed by atoms with Crippen molar-refractivity contribution in [2.75, 3.05) is 31.9 Å². The molecule has 1 atom stereocenters. The lowest BCUT2D eigenvalue weighted by atomic mass is 9.94. The van der Waals surface area contributed by atoms with E-state index in [2.05, 4.69) is 0 Å². The molecule has 2 rings (SSSR count). The molecular weight excluding hydrogens is 343 g/mol. The van der Waals surface area contributed by atoms with Gasteiger partial charge in [-0.25, -0.2) is 4.79 Å². The van der Waals surface area contributed by atoms with Crippen LogP contribution in [0.5, 0.6) is 0 Å². The maximum atomic E-state index is 12.7. The first-order chi connectivity index (χ1) is 10.8. The molecule has 2 saturated heterocycles. The molecule has 24 heavy (non-hydrogen) atoms. The molecule has 2 fully saturated rings. The van der Waals surface area contributed by atoms with E-state index in [1.807, 2.05) is 0 Å². The van der Waals surface area contributed by atoms with E-state index >= 15 is 0 Å². The minimum Gasteiger partial charge on any atom is -0.444 e. The Bertz CT molecular complexity index is 624. The van der Waals surface area contributed by atoms with Gasteiger partial charge in [0, 0.05) is 18.9 Å². The van der Waals surface area contributed by atoms with Crippen molar-refractivity contribution in [2.45, 2.75) is 38.4 Å². The Hall–Kier alpha value is -1.42. The summed E-state index contributed by atoms with van der Waals surface area (Å²) >= 11 is 0. The lowest BCUT2D eigenvalue weighted by Gasteiger charge is -2.47. The number of likely N-dealkylation sites (tertiary alicyclic amines) is 2. The topological polar surface area (TPSA) is 104 Å². The molecule has 8 nitrogen and oxygen atoms in total. The third-order valence-electron chi connectivity index (χ3n) is 3.84. The standard InChI is InChI=1S/C14H23FN2O6S/c1-13(2,3)23-12(19)17-8-14(20,9-17)7-16-5-10(4-11(16)18)6-24(15,21)22/h10,20H,4-9H2,1-3H3. The molecule has 1 unspecified atom stereocenters. The molecule has 0 bridgehead atoms. The van der Waals surface area contributed by atoms with Gasteiger partial charge in [-0.2, -0.15) is 8.42 Å². The minimum atomic E-state index is -4.64. The number of amides is 2. The van der Waals surface area contributed by atoms with Crippen molar-refractivity contribution in [3.05, 3.63) is 0 Å². The molecule has 0 aromatic rings. The SMILES string of the molecule is CC(C)(C)OC(=O)N1CC(O)(CN2CC(CS(=O)(=O)F)CC2=O)C1. The van der Waals surface area contributed by atoms with Gasteiger partial charge in [0.2, 0.25) is 5.91 Å². The summed E-state index contributed by atoms with van der Waals surface area (Å²) in [7, 11) is -4.64. The van der Waals surface area contributed by atoms with Crippen molar-refractivity contribution >= 4 is 22.2 Å². The zero-order valence-electron chi connectivity index (χ0n) is 14.0. The van der Waals surface area contributed by atoms with Crippen LogP contribution in [0, 0.1) is 5.92 Å². The molecule has 2 aliphatic heterocycles. The smallest absolute Gasteiger partial charge is 0.410 e. The maximum absolute atomic E-state index is 12.7. The monoisotopic (exact) mass is 366 g/mol. The predicted octanol–water partition coefficient (Wildman–Crippen LogP) is 0.116. The van der Waals surface area contributed by atoms with Gasteiger partial charge in [-0.15, -0.1) is 3.89 Å². The molecule has 0 aliphatic carbocycles. The average molecular weight is 366 g/mol. The molecule has 10 heteroatoms. The zero-order chi connectivity index (χ0) is 18.3. The molecule has 138 valence electrons. The van der Waals surface area contributed by atoms with E-state index in [0.717, 1.165) is 0 Å². The fourth-order valence-electron chi connectivity index (χ4n) is 2.98. The number of halogens is 1. The van der Waals surface area contributed by atoms with Crippen LogP contribution in [-0.4, -0.2) is 78.5 Å². The van der Waals surface area contributed by atoms with Crippen LogP contribution in [0.1, 0.15) is 27.2 Å². The molecule has 0 saturated carbocycles. The van der Waals surface area contributed by atoms with Crippen LogP contribution in [0.3, 0.4) is 0 Å². The Morgan fingerprint density at radius 2 is 2.00 bits per heavy atom. The Morgan fingerprint density at radius 3 is 2.50 bits per heavy atom. The number of carbonyl (C=O) groups excluding carboxylic acids is 2. The summed E-state index contributed by atoms with van der Waals surface area (Å²) in [5.41, 5.74) is -1.89. The number of hydrogen-bond acceptors (Lipinski definition) is 6. The first kappa shape index (κ1) is 18.9. The minimum absolute atomic E-state index is 0.0199. The first-order valence-electron chi connectivity index (χ1n) is 7.67. The number of carbonyl (C=O) groups is 2. The van der Waals surface area contributed by atoms with Gasteiger partial charge in [-0.05, 0) is 20.8 Å². The van der Waals surface area contributed by atoms with Gasteiger partial charge in [0.05, 0.1) is 25.4 Å². The summed E-state index contributed by atoms with van der Waals surface area (Å²) in [6.45, 7) is 5.32. The lowest BCUT2D eigenvalue weighted by Crippen LogP contribution is -2.68. The maximum Gasteiger partial charge on any atom is 0.410 e. The summed E-state index contributed by atoms with van der Waals surface area (Å²) < 4.78 is 39.3. The van der Waals surface area contributed by atoms with Crippen molar-refractivity contribution < 1.29 is 31.7 Å². The van der Waals surface area contributed by atoms with Gasteiger partial charge in [0.15, 0.2) is 0 Å². The highest BCUT2D eigenvalue weighted by atomic mass is 32.3. The van der Waals surface area contributed by atoms with E-state index in [9.17, 15) is 27.0 Å². The predicted molar refractivity (Wildman–Crippen MR) is 82.3 cm³/mol. The number of aliphatic hydroxyl groups is 1. The van der Waals surface area contributed by atoms with E-state index in [1.165, 1.54) is 9.80 Å². The summed E-state index contributed by atoms with van der Waals surface area (Å²) in [6.07, 6.45) is -0.601. The van der Waals surface area contributed by atoms with E-state index in [-0.39, 0.29) is 38.5 Å². The fraction of sp³-hybridized carbons (Fsp3) is 0.857. The van der Waals surface area contributed by atoms with Gasteiger partial charge in [-0.3, -0.25) is 4.79 Å². The van der Waals surface area contributed by atoms with Gasteiger partial charge >= 0.3 is 16.3 Å². The van der Waals surface area contributed by atoms with E-state index in [1.54, 1.807) is 20.8 Å². The van der Waals surface area contributed by atoms with Crippen LogP contribution < -0.4 is 0 Å². The summed E-state index contributed by atoms with van der Waals surface area (Å²) in [4.78, 5) is 26.4. The van der Waals surface area contributed by atoms with Crippen molar-refractivity contribution in [1.29, 1.82) is 0 Å². The van der Waals surface area contributed by atoms with E-state index in [0.29, 0.717) is 0 Å². The number of β-amino-alcohol motifs (C(OH)–C–C–N with tert-alkyl or cyclic N) is 1. The number of nitrogens with zero attached hydrogens (tertiary/aromatic N) is 2. The van der Waals surface area contributed by atoms with Crippen LogP contribution >= 0.6 is 0 Å². The normalized spacial score (nSPS) is 24.0. The Morgan fingerprint density at radius 1 is 1.42 bits per heavy atom. The summed E-state index contributed by atoms with van der Waals surface area (Å²) in [5, 5.41) is 10.4. The van der Waals surface area contributed by atoms with Gasteiger partial charge in [0.1, 0.15) is 11.2 Å². The molecule has 2 aliphatic rings. The molecule has 1 N–H and O–H groups in total. The van der Waals surface area contributed by atoms with Crippen molar-refractivity contribution in [2.24, 2.45) is 5.92 Å². The first-order valence-corrected chi connectivity index (χ1v) is 9.22. The fourth-order valence-corrected chi connectivity index (χ4v) is 3.76. The third-order valence-corrected chi connectivity index (χ3v) is 4.71. The second kappa shape index (κ2) is 6.14. The van der Waals surface area contributed by atoms with Crippen LogP contribution in [0.15, 0.2) is 0 Å². The third kappa shape index (κ3) is 5.04. The molecule has 0 aromatic carbocycles. The Kier molecular flexibility index (Phi) is 4.84. The number of rotatable bonds is 4. The molecule has 0 aromatic heterocycles. The summed E-state index contributed by atoms with van der Waals surface area (Å²) in [5.74, 6) is -1.64. The second-order valence-corrected chi connectivity index (χ2v) is 9.02. The highest BCUT2D eigenvalue weighted by Gasteiger charge is 2.48. The lowest BCUT2D eigenvalue weighted by molar-refractivity contribution is -0.139. The van der Waals surface area contributed by atoms with E-state index < -0.39 is 39.2 Å².